The smallest absolute Gasteiger partial charge is 0.149 e. The van der Waals surface area contributed by atoms with E-state index >= 15 is 0 Å². The summed E-state index contributed by atoms with van der Waals surface area (Å²) in [5.41, 5.74) is 3.68. The lowest BCUT2D eigenvalue weighted by Crippen LogP contribution is -2.12. The Balaban J connectivity index is 2.13. The molecule has 2 aromatic heterocycles. The molecular weight excluding hydrogens is 229 g/mol. The number of hydrogen-bond acceptors (Lipinski definition) is 2. The normalized spacial score (nSPS) is 16.9. The summed E-state index contributed by atoms with van der Waals surface area (Å²) in [4.78, 5) is 3.97. The first-order valence-electron chi connectivity index (χ1n) is 6.13. The lowest BCUT2D eigenvalue weighted by Gasteiger charge is -2.14. The predicted octanol–water partition coefficient (Wildman–Crippen LogP) is 2.97. The van der Waals surface area contributed by atoms with Crippen LogP contribution in [0, 0.1) is 18.2 Å². The van der Waals surface area contributed by atoms with Crippen LogP contribution in [-0.2, 0) is 13.0 Å². The Bertz CT molecular complexity index is 613. The Labute approximate surface area is 106 Å². The molecular formula is C14H16FN3. The minimum Gasteiger partial charge on any atom is -0.268 e. The Morgan fingerprint density at radius 2 is 2.06 bits per heavy atom. The SMILES string of the molecule is Cc1cc(-c2cnn3c2CC(C)(C)C3)c(F)cn1. The maximum Gasteiger partial charge on any atom is 0.149 e. The van der Waals surface area contributed by atoms with Crippen LogP contribution in [0.1, 0.15) is 25.2 Å². The highest BCUT2D eigenvalue weighted by Crippen LogP contribution is 2.37. The second-order valence-electron chi connectivity index (χ2n) is 5.81. The van der Waals surface area contributed by atoms with Crippen LogP contribution in [-0.4, -0.2) is 14.8 Å². The van der Waals surface area contributed by atoms with Gasteiger partial charge in [0.25, 0.3) is 0 Å². The van der Waals surface area contributed by atoms with Crippen LogP contribution in [0.4, 0.5) is 4.39 Å². The van der Waals surface area contributed by atoms with Crippen molar-refractivity contribution >= 4 is 0 Å². The highest BCUT2D eigenvalue weighted by molar-refractivity contribution is 5.66. The zero-order valence-corrected chi connectivity index (χ0v) is 10.9. The number of hydrogen-bond donors (Lipinski definition) is 0. The molecule has 0 saturated carbocycles. The summed E-state index contributed by atoms with van der Waals surface area (Å²) in [6, 6.07) is 1.79. The number of aryl methyl sites for hydroxylation is 1. The average Bonchev–Trinajstić information content (AvgIpc) is 2.77. The number of aromatic nitrogens is 3. The Morgan fingerprint density at radius 1 is 1.28 bits per heavy atom. The van der Waals surface area contributed by atoms with E-state index in [2.05, 4.69) is 23.9 Å². The summed E-state index contributed by atoms with van der Waals surface area (Å²) in [5.74, 6) is -0.277. The summed E-state index contributed by atoms with van der Waals surface area (Å²) in [5, 5.41) is 4.37. The maximum atomic E-state index is 13.9. The van der Waals surface area contributed by atoms with Crippen molar-refractivity contribution in [2.24, 2.45) is 5.41 Å². The highest BCUT2D eigenvalue weighted by atomic mass is 19.1. The standard InChI is InChI=1S/C14H16FN3/c1-9-4-10(12(15)7-16-9)11-6-17-18-8-14(2,3)5-13(11)18/h4,6-7H,5,8H2,1-3H3. The van der Waals surface area contributed by atoms with Gasteiger partial charge in [-0.1, -0.05) is 13.8 Å². The molecule has 3 heterocycles. The van der Waals surface area contributed by atoms with Gasteiger partial charge in [-0.2, -0.15) is 5.10 Å². The van der Waals surface area contributed by atoms with Gasteiger partial charge in [-0.3, -0.25) is 9.67 Å². The largest absolute Gasteiger partial charge is 0.268 e. The van der Waals surface area contributed by atoms with Crippen molar-refractivity contribution in [1.82, 2.24) is 14.8 Å². The molecule has 1 aliphatic rings. The molecule has 0 unspecified atom stereocenters. The monoisotopic (exact) mass is 245 g/mol. The quantitative estimate of drug-likeness (QED) is 0.773. The molecule has 3 nitrogen and oxygen atoms in total. The van der Waals surface area contributed by atoms with Crippen LogP contribution < -0.4 is 0 Å². The fourth-order valence-electron chi connectivity index (χ4n) is 2.62. The highest BCUT2D eigenvalue weighted by Gasteiger charge is 2.32. The van der Waals surface area contributed by atoms with E-state index in [1.165, 1.54) is 6.20 Å². The minimum atomic E-state index is -0.277. The Hall–Kier alpha value is -1.71. The van der Waals surface area contributed by atoms with Gasteiger partial charge in [0.15, 0.2) is 0 Å². The van der Waals surface area contributed by atoms with Crippen molar-refractivity contribution in [3.8, 4) is 11.1 Å². The lowest BCUT2D eigenvalue weighted by molar-refractivity contribution is 0.347. The van der Waals surface area contributed by atoms with Crippen molar-refractivity contribution < 1.29 is 4.39 Å². The first-order valence-corrected chi connectivity index (χ1v) is 6.13. The van der Waals surface area contributed by atoms with E-state index < -0.39 is 0 Å². The van der Waals surface area contributed by atoms with E-state index in [1.807, 2.05) is 11.6 Å². The molecule has 3 rings (SSSR count). The van der Waals surface area contributed by atoms with Crippen molar-refractivity contribution in [3.63, 3.8) is 0 Å². The van der Waals surface area contributed by atoms with Gasteiger partial charge in [-0.25, -0.2) is 4.39 Å². The van der Waals surface area contributed by atoms with E-state index in [0.29, 0.717) is 5.56 Å². The van der Waals surface area contributed by atoms with E-state index in [1.54, 1.807) is 12.3 Å². The van der Waals surface area contributed by atoms with E-state index in [9.17, 15) is 4.39 Å². The van der Waals surface area contributed by atoms with Gasteiger partial charge in [-0.05, 0) is 24.8 Å². The lowest BCUT2D eigenvalue weighted by atomic mass is 9.89. The molecule has 94 valence electrons. The van der Waals surface area contributed by atoms with Gasteiger partial charge in [0, 0.05) is 29.1 Å². The first-order chi connectivity index (χ1) is 8.46. The van der Waals surface area contributed by atoms with E-state index in [-0.39, 0.29) is 11.2 Å². The van der Waals surface area contributed by atoms with Gasteiger partial charge in [0.1, 0.15) is 5.82 Å². The summed E-state index contributed by atoms with van der Waals surface area (Å²) >= 11 is 0. The van der Waals surface area contributed by atoms with E-state index in [0.717, 1.165) is 29.9 Å². The molecule has 18 heavy (non-hydrogen) atoms. The molecule has 4 heteroatoms. The summed E-state index contributed by atoms with van der Waals surface area (Å²) in [6.07, 6.45) is 3.99. The van der Waals surface area contributed by atoms with Crippen LogP contribution in [0.3, 0.4) is 0 Å². The van der Waals surface area contributed by atoms with Gasteiger partial charge in [0.05, 0.1) is 12.4 Å². The zero-order chi connectivity index (χ0) is 12.9. The summed E-state index contributed by atoms with van der Waals surface area (Å²) < 4.78 is 15.9. The third-order valence-corrected chi connectivity index (χ3v) is 3.45. The first kappa shape index (κ1) is 11.4. The van der Waals surface area contributed by atoms with Crippen LogP contribution >= 0.6 is 0 Å². The number of nitrogens with zero attached hydrogens (tertiary/aromatic N) is 3. The fraction of sp³-hybridized carbons (Fsp3) is 0.429. The zero-order valence-electron chi connectivity index (χ0n) is 10.9. The van der Waals surface area contributed by atoms with Crippen LogP contribution in [0.25, 0.3) is 11.1 Å². The van der Waals surface area contributed by atoms with Crippen LogP contribution in [0.15, 0.2) is 18.5 Å². The molecule has 0 saturated heterocycles. The molecule has 0 radical (unpaired) electrons. The van der Waals surface area contributed by atoms with Gasteiger partial charge in [0.2, 0.25) is 0 Å². The van der Waals surface area contributed by atoms with Gasteiger partial charge in [-0.15, -0.1) is 0 Å². The topological polar surface area (TPSA) is 30.7 Å². The molecule has 2 aromatic rings. The second kappa shape index (κ2) is 3.64. The Kier molecular flexibility index (Phi) is 2.30. The minimum absolute atomic E-state index is 0.205. The molecule has 0 bridgehead atoms. The fourth-order valence-corrected chi connectivity index (χ4v) is 2.62. The number of fused-ring (bicyclic) bond motifs is 1. The molecule has 0 aliphatic carbocycles. The number of halogens is 1. The molecule has 0 atom stereocenters. The summed E-state index contributed by atoms with van der Waals surface area (Å²) in [6.45, 7) is 7.18. The summed E-state index contributed by atoms with van der Waals surface area (Å²) in [7, 11) is 0. The van der Waals surface area contributed by atoms with E-state index in [4.69, 9.17) is 0 Å². The molecule has 0 spiro atoms. The van der Waals surface area contributed by atoms with Crippen molar-refractivity contribution in [2.75, 3.05) is 0 Å². The van der Waals surface area contributed by atoms with Gasteiger partial charge < -0.3 is 0 Å². The number of pyridine rings is 1. The van der Waals surface area contributed by atoms with Crippen molar-refractivity contribution in [2.45, 2.75) is 33.7 Å². The third kappa shape index (κ3) is 1.72. The predicted molar refractivity (Wildman–Crippen MR) is 67.6 cm³/mol. The molecule has 1 aliphatic heterocycles. The molecule has 0 fully saturated rings. The molecule has 0 amide bonds. The van der Waals surface area contributed by atoms with Crippen LogP contribution in [0.5, 0.6) is 0 Å². The molecule has 0 aromatic carbocycles. The number of rotatable bonds is 1. The Morgan fingerprint density at radius 3 is 2.83 bits per heavy atom. The van der Waals surface area contributed by atoms with Crippen molar-refractivity contribution in [3.05, 3.63) is 35.7 Å². The second-order valence-corrected chi connectivity index (χ2v) is 5.81. The van der Waals surface area contributed by atoms with Crippen molar-refractivity contribution in [1.29, 1.82) is 0 Å². The maximum absolute atomic E-state index is 13.9. The molecule has 0 N–H and O–H groups in total. The van der Waals surface area contributed by atoms with Crippen LogP contribution in [0.2, 0.25) is 0 Å². The average molecular weight is 245 g/mol. The van der Waals surface area contributed by atoms with Gasteiger partial charge >= 0.3 is 0 Å². The third-order valence-electron chi connectivity index (χ3n) is 3.45.